The van der Waals surface area contributed by atoms with Gasteiger partial charge in [0.2, 0.25) is 0 Å². The molecule has 0 bridgehead atoms. The van der Waals surface area contributed by atoms with Gasteiger partial charge in [-0.2, -0.15) is 0 Å². The molecule has 0 saturated carbocycles. The predicted molar refractivity (Wildman–Crippen MR) is 72.4 cm³/mol. The third-order valence-electron chi connectivity index (χ3n) is 3.45. The van der Waals surface area contributed by atoms with Gasteiger partial charge in [-0.25, -0.2) is 0 Å². The third-order valence-corrected chi connectivity index (χ3v) is 3.45. The van der Waals surface area contributed by atoms with Crippen molar-refractivity contribution in [2.24, 2.45) is 0 Å². The van der Waals surface area contributed by atoms with Crippen molar-refractivity contribution in [2.75, 3.05) is 40.0 Å². The zero-order valence-corrected chi connectivity index (χ0v) is 12.1. The largest absolute Gasteiger partial charge is 0.394 e. The smallest absolute Gasteiger partial charge is 0.0611 e. The Labute approximate surface area is 106 Å². The molecule has 0 aliphatic heterocycles. The summed E-state index contributed by atoms with van der Waals surface area (Å²) in [5.74, 6) is 0. The maximum absolute atomic E-state index is 9.40. The van der Waals surface area contributed by atoms with Gasteiger partial charge in [-0.1, -0.05) is 6.92 Å². The number of rotatable bonds is 10. The monoisotopic (exact) mass is 246 g/mol. The van der Waals surface area contributed by atoms with Crippen LogP contribution in [0.4, 0.5) is 0 Å². The first-order valence-electron chi connectivity index (χ1n) is 6.64. The molecule has 17 heavy (non-hydrogen) atoms. The first-order valence-corrected chi connectivity index (χ1v) is 6.64. The molecule has 2 unspecified atom stereocenters. The van der Waals surface area contributed by atoms with Crippen LogP contribution in [0.1, 0.15) is 34.1 Å². The molecule has 0 aromatic heterocycles. The number of aliphatic hydroxyl groups excluding tert-OH is 1. The maximum Gasteiger partial charge on any atom is 0.0611 e. The van der Waals surface area contributed by atoms with Gasteiger partial charge in [0.05, 0.1) is 13.2 Å². The molecule has 0 aliphatic carbocycles. The summed E-state index contributed by atoms with van der Waals surface area (Å²) < 4.78 is 5.39. The zero-order valence-electron chi connectivity index (χ0n) is 12.1. The Kier molecular flexibility index (Phi) is 8.78. The molecule has 0 aromatic rings. The Morgan fingerprint density at radius 3 is 2.47 bits per heavy atom. The number of nitrogens with one attached hydrogen (secondary N) is 1. The van der Waals surface area contributed by atoms with Gasteiger partial charge in [0, 0.05) is 24.7 Å². The van der Waals surface area contributed by atoms with Crippen LogP contribution < -0.4 is 5.32 Å². The Morgan fingerprint density at radius 1 is 1.41 bits per heavy atom. The standard InChI is InChI=1S/C13H30N2O2/c1-6-15(8-9-17-7-2)12(3)10-13(4,11-16)14-5/h12,14,16H,6-11H2,1-5H3. The van der Waals surface area contributed by atoms with E-state index in [4.69, 9.17) is 4.74 Å². The lowest BCUT2D eigenvalue weighted by Gasteiger charge is -2.35. The summed E-state index contributed by atoms with van der Waals surface area (Å²) in [7, 11) is 1.90. The predicted octanol–water partition coefficient (Wildman–Crippen LogP) is 1.09. The first kappa shape index (κ1) is 16.8. The van der Waals surface area contributed by atoms with Crippen LogP contribution in [-0.2, 0) is 4.74 Å². The molecular formula is C13H30N2O2. The molecule has 2 N–H and O–H groups in total. The minimum absolute atomic E-state index is 0.164. The minimum atomic E-state index is -0.196. The van der Waals surface area contributed by atoms with Crippen molar-refractivity contribution in [3.63, 3.8) is 0 Å². The van der Waals surface area contributed by atoms with E-state index in [1.165, 1.54) is 0 Å². The van der Waals surface area contributed by atoms with E-state index in [1.54, 1.807) is 0 Å². The summed E-state index contributed by atoms with van der Waals surface area (Å²) in [4.78, 5) is 2.39. The van der Waals surface area contributed by atoms with Gasteiger partial charge in [-0.15, -0.1) is 0 Å². The molecule has 0 aliphatic rings. The van der Waals surface area contributed by atoms with E-state index in [2.05, 4.69) is 31.0 Å². The van der Waals surface area contributed by atoms with E-state index in [1.807, 2.05) is 14.0 Å². The van der Waals surface area contributed by atoms with Crippen molar-refractivity contribution in [1.82, 2.24) is 10.2 Å². The van der Waals surface area contributed by atoms with Crippen LogP contribution in [0, 0.1) is 0 Å². The lowest BCUT2D eigenvalue weighted by molar-refractivity contribution is 0.0806. The van der Waals surface area contributed by atoms with Crippen LogP contribution in [0.3, 0.4) is 0 Å². The molecule has 4 nitrogen and oxygen atoms in total. The van der Waals surface area contributed by atoms with E-state index >= 15 is 0 Å². The maximum atomic E-state index is 9.40. The number of hydrogen-bond acceptors (Lipinski definition) is 4. The number of hydrogen-bond donors (Lipinski definition) is 2. The van der Waals surface area contributed by atoms with Crippen molar-refractivity contribution in [1.29, 1.82) is 0 Å². The zero-order chi connectivity index (χ0) is 13.3. The number of nitrogens with zero attached hydrogens (tertiary/aromatic N) is 1. The average molecular weight is 246 g/mol. The van der Waals surface area contributed by atoms with Gasteiger partial charge in [0.15, 0.2) is 0 Å². The molecule has 0 fully saturated rings. The highest BCUT2D eigenvalue weighted by molar-refractivity contribution is 4.85. The fourth-order valence-corrected chi connectivity index (χ4v) is 2.04. The van der Waals surface area contributed by atoms with Gasteiger partial charge in [0.25, 0.3) is 0 Å². The van der Waals surface area contributed by atoms with Crippen LogP contribution >= 0.6 is 0 Å². The molecule has 0 aromatic carbocycles. The normalized spacial score (nSPS) is 17.1. The van der Waals surface area contributed by atoms with Crippen molar-refractivity contribution in [3.8, 4) is 0 Å². The summed E-state index contributed by atoms with van der Waals surface area (Å²) in [5.41, 5.74) is -0.196. The summed E-state index contributed by atoms with van der Waals surface area (Å²) in [6.07, 6.45) is 0.931. The number of aliphatic hydroxyl groups is 1. The van der Waals surface area contributed by atoms with Crippen molar-refractivity contribution in [3.05, 3.63) is 0 Å². The highest BCUT2D eigenvalue weighted by Gasteiger charge is 2.26. The van der Waals surface area contributed by atoms with E-state index < -0.39 is 0 Å². The quantitative estimate of drug-likeness (QED) is 0.567. The van der Waals surface area contributed by atoms with Gasteiger partial charge < -0.3 is 15.2 Å². The molecule has 2 atom stereocenters. The van der Waals surface area contributed by atoms with Crippen LogP contribution in [-0.4, -0.2) is 61.5 Å². The summed E-state index contributed by atoms with van der Waals surface area (Å²) in [6, 6.07) is 0.435. The van der Waals surface area contributed by atoms with Crippen molar-refractivity contribution >= 4 is 0 Å². The molecule has 4 heteroatoms. The highest BCUT2D eigenvalue weighted by atomic mass is 16.5. The molecule has 0 radical (unpaired) electrons. The lowest BCUT2D eigenvalue weighted by atomic mass is 9.94. The second kappa shape index (κ2) is 8.86. The first-order chi connectivity index (χ1) is 8.02. The topological polar surface area (TPSA) is 44.7 Å². The Balaban J connectivity index is 4.18. The third kappa shape index (κ3) is 6.36. The van der Waals surface area contributed by atoms with Crippen LogP contribution in [0.25, 0.3) is 0 Å². The summed E-state index contributed by atoms with van der Waals surface area (Å²) in [6.45, 7) is 12.1. The van der Waals surface area contributed by atoms with E-state index in [0.717, 1.165) is 32.7 Å². The molecule has 0 spiro atoms. The van der Waals surface area contributed by atoms with E-state index in [0.29, 0.717) is 6.04 Å². The number of ether oxygens (including phenoxy) is 1. The van der Waals surface area contributed by atoms with Crippen molar-refractivity contribution in [2.45, 2.75) is 45.7 Å². The van der Waals surface area contributed by atoms with Crippen molar-refractivity contribution < 1.29 is 9.84 Å². The summed E-state index contributed by atoms with van der Waals surface area (Å²) in [5, 5.41) is 12.6. The Bertz CT molecular complexity index is 184. The van der Waals surface area contributed by atoms with Crippen LogP contribution in [0.15, 0.2) is 0 Å². The molecule has 104 valence electrons. The Morgan fingerprint density at radius 2 is 2.06 bits per heavy atom. The van der Waals surface area contributed by atoms with Crippen LogP contribution in [0.5, 0.6) is 0 Å². The van der Waals surface area contributed by atoms with Crippen LogP contribution in [0.2, 0.25) is 0 Å². The summed E-state index contributed by atoms with van der Waals surface area (Å²) >= 11 is 0. The second-order valence-electron chi connectivity index (χ2n) is 4.85. The second-order valence-corrected chi connectivity index (χ2v) is 4.85. The highest BCUT2D eigenvalue weighted by Crippen LogP contribution is 2.15. The van der Waals surface area contributed by atoms with Gasteiger partial charge in [-0.05, 0) is 40.8 Å². The molecule has 0 amide bonds. The van der Waals surface area contributed by atoms with E-state index in [-0.39, 0.29) is 12.1 Å². The number of likely N-dealkylation sites (N-methyl/N-ethyl adjacent to an activating group) is 2. The van der Waals surface area contributed by atoms with Gasteiger partial charge in [-0.3, -0.25) is 4.90 Å². The molecule has 0 rings (SSSR count). The molecule has 0 heterocycles. The SMILES string of the molecule is CCOCCN(CC)C(C)CC(C)(CO)NC. The molecular weight excluding hydrogens is 216 g/mol. The van der Waals surface area contributed by atoms with Gasteiger partial charge >= 0.3 is 0 Å². The average Bonchev–Trinajstić information content (AvgIpc) is 2.34. The minimum Gasteiger partial charge on any atom is -0.394 e. The Hall–Kier alpha value is -0.160. The fourth-order valence-electron chi connectivity index (χ4n) is 2.04. The fraction of sp³-hybridized carbons (Fsp3) is 1.00. The van der Waals surface area contributed by atoms with Gasteiger partial charge in [0.1, 0.15) is 0 Å². The van der Waals surface area contributed by atoms with E-state index in [9.17, 15) is 5.11 Å². The lowest BCUT2D eigenvalue weighted by Crippen LogP contribution is -2.49. The molecule has 0 saturated heterocycles.